The Bertz CT molecular complexity index is 861. The van der Waals surface area contributed by atoms with E-state index in [2.05, 4.69) is 10.6 Å². The van der Waals surface area contributed by atoms with E-state index >= 15 is 0 Å². The summed E-state index contributed by atoms with van der Waals surface area (Å²) < 4.78 is 5.10. The third-order valence-corrected chi connectivity index (χ3v) is 4.99. The molecule has 0 radical (unpaired) electrons. The summed E-state index contributed by atoms with van der Waals surface area (Å²) in [7, 11) is 1.53. The highest BCUT2D eigenvalue weighted by molar-refractivity contribution is 5.97. The van der Waals surface area contributed by atoms with Gasteiger partial charge in [-0.2, -0.15) is 0 Å². The molecule has 1 aliphatic heterocycles. The summed E-state index contributed by atoms with van der Waals surface area (Å²) in [5.41, 5.74) is 1.21. The number of nitrogens with one attached hydrogen (secondary N) is 2. The lowest BCUT2D eigenvalue weighted by Crippen LogP contribution is -2.45. The second kappa shape index (κ2) is 9.73. The van der Waals surface area contributed by atoms with Gasteiger partial charge < -0.3 is 20.3 Å². The van der Waals surface area contributed by atoms with Gasteiger partial charge in [0.25, 0.3) is 5.91 Å². The lowest BCUT2D eigenvalue weighted by Gasteiger charge is -2.31. The molecule has 152 valence electrons. The van der Waals surface area contributed by atoms with Crippen molar-refractivity contribution >= 4 is 23.4 Å². The van der Waals surface area contributed by atoms with E-state index in [9.17, 15) is 14.4 Å². The van der Waals surface area contributed by atoms with E-state index in [-0.39, 0.29) is 30.2 Å². The van der Waals surface area contributed by atoms with Crippen LogP contribution in [0.3, 0.4) is 0 Å². The predicted octanol–water partition coefficient (Wildman–Crippen LogP) is 2.30. The zero-order valence-corrected chi connectivity index (χ0v) is 16.4. The fourth-order valence-electron chi connectivity index (χ4n) is 3.29. The molecule has 1 aliphatic rings. The van der Waals surface area contributed by atoms with Gasteiger partial charge in [-0.1, -0.05) is 24.3 Å². The molecule has 7 heteroatoms. The maximum Gasteiger partial charge on any atom is 0.251 e. The molecular formula is C22H25N3O4. The molecule has 0 spiro atoms. The van der Waals surface area contributed by atoms with Crippen molar-refractivity contribution < 1.29 is 19.1 Å². The standard InChI is InChI=1S/C22H25N3O4/c1-29-19-9-5-6-17(14-19)21(27)23-15-20(26)25-12-10-16(11-13-25)22(28)24-18-7-3-2-4-8-18/h2-9,14,16H,10-13,15H2,1H3,(H,23,27)(H,24,28). The van der Waals surface area contributed by atoms with Crippen molar-refractivity contribution in [2.45, 2.75) is 12.8 Å². The van der Waals surface area contributed by atoms with Crippen LogP contribution in [0.4, 0.5) is 5.69 Å². The van der Waals surface area contributed by atoms with Gasteiger partial charge in [0, 0.05) is 30.3 Å². The fourth-order valence-corrected chi connectivity index (χ4v) is 3.29. The predicted molar refractivity (Wildman–Crippen MR) is 110 cm³/mol. The molecule has 2 aromatic carbocycles. The van der Waals surface area contributed by atoms with Crippen LogP contribution in [0.15, 0.2) is 54.6 Å². The van der Waals surface area contributed by atoms with Gasteiger partial charge in [-0.05, 0) is 43.2 Å². The average Bonchev–Trinajstić information content (AvgIpc) is 2.78. The van der Waals surface area contributed by atoms with E-state index in [1.165, 1.54) is 7.11 Å². The van der Waals surface area contributed by atoms with Gasteiger partial charge in [0.15, 0.2) is 0 Å². The molecule has 0 unspecified atom stereocenters. The number of methoxy groups -OCH3 is 1. The highest BCUT2D eigenvalue weighted by Crippen LogP contribution is 2.19. The Balaban J connectivity index is 1.43. The van der Waals surface area contributed by atoms with Crippen LogP contribution in [0.1, 0.15) is 23.2 Å². The van der Waals surface area contributed by atoms with Gasteiger partial charge in [0.1, 0.15) is 5.75 Å². The summed E-state index contributed by atoms with van der Waals surface area (Å²) in [6, 6.07) is 16.1. The van der Waals surface area contributed by atoms with Crippen LogP contribution in [0.25, 0.3) is 0 Å². The largest absolute Gasteiger partial charge is 0.497 e. The van der Waals surface area contributed by atoms with E-state index in [1.807, 2.05) is 30.3 Å². The average molecular weight is 395 g/mol. The number of para-hydroxylation sites is 1. The van der Waals surface area contributed by atoms with Crippen LogP contribution in [0.2, 0.25) is 0 Å². The summed E-state index contributed by atoms with van der Waals surface area (Å²) in [4.78, 5) is 38.7. The molecule has 0 atom stereocenters. The monoisotopic (exact) mass is 395 g/mol. The number of rotatable bonds is 6. The number of benzene rings is 2. The SMILES string of the molecule is COc1cccc(C(=O)NCC(=O)N2CCC(C(=O)Nc3ccccc3)CC2)c1. The Morgan fingerprint density at radius 1 is 1.03 bits per heavy atom. The Hall–Kier alpha value is -3.35. The molecule has 7 nitrogen and oxygen atoms in total. The first-order valence-corrected chi connectivity index (χ1v) is 9.63. The lowest BCUT2D eigenvalue weighted by atomic mass is 9.95. The summed E-state index contributed by atoms with van der Waals surface area (Å²) in [5.74, 6) is -0.0300. The van der Waals surface area contributed by atoms with E-state index < -0.39 is 0 Å². The van der Waals surface area contributed by atoms with Gasteiger partial charge in [0.2, 0.25) is 11.8 Å². The molecule has 0 aliphatic carbocycles. The number of carbonyl (C=O) groups excluding carboxylic acids is 3. The first-order chi connectivity index (χ1) is 14.1. The third-order valence-electron chi connectivity index (χ3n) is 4.99. The lowest BCUT2D eigenvalue weighted by molar-refractivity contribution is -0.133. The molecule has 1 heterocycles. The van der Waals surface area contributed by atoms with Crippen LogP contribution in [0.5, 0.6) is 5.75 Å². The molecule has 3 amide bonds. The highest BCUT2D eigenvalue weighted by Gasteiger charge is 2.27. The number of likely N-dealkylation sites (tertiary alicyclic amines) is 1. The van der Waals surface area contributed by atoms with Crippen molar-refractivity contribution in [1.82, 2.24) is 10.2 Å². The van der Waals surface area contributed by atoms with Crippen LogP contribution in [0, 0.1) is 5.92 Å². The number of ether oxygens (including phenoxy) is 1. The molecule has 0 saturated carbocycles. The van der Waals surface area contributed by atoms with Crippen molar-refractivity contribution in [3.05, 3.63) is 60.2 Å². The molecule has 29 heavy (non-hydrogen) atoms. The minimum absolute atomic E-state index is 0.0189. The number of hydrogen-bond acceptors (Lipinski definition) is 4. The van der Waals surface area contributed by atoms with Gasteiger partial charge >= 0.3 is 0 Å². The zero-order valence-electron chi connectivity index (χ0n) is 16.4. The molecule has 2 aromatic rings. The highest BCUT2D eigenvalue weighted by atomic mass is 16.5. The Kier molecular flexibility index (Phi) is 6.84. The quantitative estimate of drug-likeness (QED) is 0.786. The summed E-state index contributed by atoms with van der Waals surface area (Å²) >= 11 is 0. The topological polar surface area (TPSA) is 87.7 Å². The number of piperidine rings is 1. The van der Waals surface area contributed by atoms with Crippen molar-refractivity contribution in [3.63, 3.8) is 0 Å². The number of carbonyl (C=O) groups is 3. The minimum Gasteiger partial charge on any atom is -0.497 e. The summed E-state index contributed by atoms with van der Waals surface area (Å²) in [6.07, 6.45) is 1.21. The van der Waals surface area contributed by atoms with Crippen LogP contribution < -0.4 is 15.4 Å². The first kappa shape index (κ1) is 20.4. The first-order valence-electron chi connectivity index (χ1n) is 9.63. The fraction of sp³-hybridized carbons (Fsp3) is 0.318. The molecular weight excluding hydrogens is 370 g/mol. The van der Waals surface area contributed by atoms with E-state index in [4.69, 9.17) is 4.74 Å². The van der Waals surface area contributed by atoms with Crippen molar-refractivity contribution in [2.75, 3.05) is 32.1 Å². The van der Waals surface area contributed by atoms with Gasteiger partial charge in [-0.3, -0.25) is 14.4 Å². The Morgan fingerprint density at radius 3 is 2.45 bits per heavy atom. The number of hydrogen-bond donors (Lipinski definition) is 2. The van der Waals surface area contributed by atoms with E-state index in [0.717, 1.165) is 5.69 Å². The summed E-state index contributed by atoms with van der Waals surface area (Å²) in [6.45, 7) is 0.929. The van der Waals surface area contributed by atoms with Gasteiger partial charge in [-0.25, -0.2) is 0 Å². The van der Waals surface area contributed by atoms with Crippen molar-refractivity contribution in [3.8, 4) is 5.75 Å². The van der Waals surface area contributed by atoms with E-state index in [1.54, 1.807) is 29.2 Å². The van der Waals surface area contributed by atoms with Crippen LogP contribution in [-0.2, 0) is 9.59 Å². The molecule has 0 aromatic heterocycles. The minimum atomic E-state index is -0.325. The summed E-state index contributed by atoms with van der Waals surface area (Å²) in [5, 5.41) is 5.56. The second-order valence-corrected chi connectivity index (χ2v) is 6.92. The zero-order chi connectivity index (χ0) is 20.6. The number of anilines is 1. The third kappa shape index (κ3) is 5.57. The second-order valence-electron chi connectivity index (χ2n) is 6.92. The molecule has 0 bridgehead atoms. The molecule has 2 N–H and O–H groups in total. The maximum atomic E-state index is 12.4. The van der Waals surface area contributed by atoms with E-state index in [0.29, 0.717) is 37.2 Å². The van der Waals surface area contributed by atoms with Crippen molar-refractivity contribution in [2.24, 2.45) is 5.92 Å². The number of amides is 3. The Labute approximate surface area is 170 Å². The van der Waals surface area contributed by atoms with Crippen LogP contribution in [-0.4, -0.2) is 49.4 Å². The van der Waals surface area contributed by atoms with Gasteiger partial charge in [-0.15, -0.1) is 0 Å². The van der Waals surface area contributed by atoms with Gasteiger partial charge in [0.05, 0.1) is 13.7 Å². The molecule has 3 rings (SSSR count). The van der Waals surface area contributed by atoms with Crippen LogP contribution >= 0.6 is 0 Å². The van der Waals surface area contributed by atoms with Crippen molar-refractivity contribution in [1.29, 1.82) is 0 Å². The smallest absolute Gasteiger partial charge is 0.251 e. The number of nitrogens with zero attached hydrogens (tertiary/aromatic N) is 1. The molecule has 1 saturated heterocycles. The normalized spacial score (nSPS) is 14.2. The maximum absolute atomic E-state index is 12.4. The Morgan fingerprint density at radius 2 is 1.76 bits per heavy atom. The molecule has 1 fully saturated rings.